The monoisotopic (exact) mass is 1120 g/mol. The van der Waals surface area contributed by atoms with Crippen molar-refractivity contribution in [2.24, 2.45) is 0 Å². The Morgan fingerprint density at radius 3 is 1.70 bits per heavy atom. The van der Waals surface area contributed by atoms with E-state index in [1.807, 2.05) is 107 Å². The number of nitriles is 1. The summed E-state index contributed by atoms with van der Waals surface area (Å²) in [6, 6.07) is 26.4. The number of unbranched alkanes of at least 4 members (excludes halogenated alkanes) is 9. The number of rotatable bonds is 36. The minimum atomic E-state index is -1.82. The molecular formula is C59H85N4O15P. The van der Waals surface area contributed by atoms with Crippen molar-refractivity contribution >= 4 is 38.2 Å². The molecule has 1 aliphatic rings. The molecule has 79 heavy (non-hydrogen) atoms. The van der Waals surface area contributed by atoms with Crippen LogP contribution in [0.5, 0.6) is 11.5 Å². The van der Waals surface area contributed by atoms with Crippen LogP contribution in [-0.4, -0.2) is 130 Å². The van der Waals surface area contributed by atoms with E-state index in [9.17, 15) is 29.2 Å². The molecule has 20 heteroatoms. The number of esters is 3. The maximum atomic E-state index is 14.5. The third-order valence-electron chi connectivity index (χ3n) is 13.0. The van der Waals surface area contributed by atoms with Crippen LogP contribution in [0.1, 0.15) is 143 Å². The van der Waals surface area contributed by atoms with Crippen LogP contribution in [0, 0.1) is 11.3 Å². The zero-order valence-electron chi connectivity index (χ0n) is 47.9. The predicted octanol–water partition coefficient (Wildman–Crippen LogP) is 9.36. The zero-order chi connectivity index (χ0) is 57.7. The fourth-order valence-corrected chi connectivity index (χ4v) is 11.1. The second-order valence-corrected chi connectivity index (χ2v) is 21.3. The Hall–Kier alpha value is -5.71. The van der Waals surface area contributed by atoms with E-state index in [-0.39, 0.29) is 50.8 Å². The van der Waals surface area contributed by atoms with E-state index >= 15 is 0 Å². The fourth-order valence-electron chi connectivity index (χ4n) is 9.43. The van der Waals surface area contributed by atoms with Crippen molar-refractivity contribution in [3.05, 3.63) is 95.6 Å². The first-order valence-electron chi connectivity index (χ1n) is 27.5. The van der Waals surface area contributed by atoms with Crippen LogP contribution in [0.25, 0.3) is 0 Å². The Morgan fingerprint density at radius 1 is 0.684 bits per heavy atom. The van der Waals surface area contributed by atoms with Crippen LogP contribution < -0.4 is 20.1 Å². The second kappa shape index (κ2) is 35.1. The van der Waals surface area contributed by atoms with Crippen molar-refractivity contribution in [1.29, 1.82) is 5.26 Å². The number of methoxy groups -OCH3 is 2. The van der Waals surface area contributed by atoms with E-state index in [1.54, 1.807) is 14.2 Å². The van der Waals surface area contributed by atoms with Crippen LogP contribution in [0.3, 0.4) is 0 Å². The van der Waals surface area contributed by atoms with Gasteiger partial charge in [-0.2, -0.15) is 5.26 Å². The van der Waals surface area contributed by atoms with Gasteiger partial charge < -0.3 is 57.6 Å². The van der Waals surface area contributed by atoms with Crippen LogP contribution >= 0.6 is 8.53 Å². The predicted molar refractivity (Wildman–Crippen MR) is 297 cm³/mol. The third-order valence-corrected chi connectivity index (χ3v) is 15.2. The summed E-state index contributed by atoms with van der Waals surface area (Å²) < 4.78 is 61.9. The lowest BCUT2D eigenvalue weighted by Gasteiger charge is -2.44. The molecule has 0 saturated carbocycles. The summed E-state index contributed by atoms with van der Waals surface area (Å²) in [7, 11) is 1.42. The summed E-state index contributed by atoms with van der Waals surface area (Å²) in [6.07, 6.45) is 4.07. The molecule has 1 saturated heterocycles. The zero-order valence-corrected chi connectivity index (χ0v) is 48.8. The first kappa shape index (κ1) is 65.8. The van der Waals surface area contributed by atoms with Gasteiger partial charge in [0, 0.05) is 52.9 Å². The molecule has 3 aromatic carbocycles. The van der Waals surface area contributed by atoms with E-state index in [0.29, 0.717) is 24.5 Å². The lowest BCUT2D eigenvalue weighted by atomic mass is 9.80. The van der Waals surface area contributed by atoms with Crippen molar-refractivity contribution in [2.45, 2.75) is 180 Å². The van der Waals surface area contributed by atoms with Gasteiger partial charge in [-0.05, 0) is 81.5 Å². The summed E-state index contributed by atoms with van der Waals surface area (Å²) in [5, 5.41) is 15.3. The smallest absolute Gasteiger partial charge is 0.303 e. The van der Waals surface area contributed by atoms with Crippen molar-refractivity contribution in [1.82, 2.24) is 15.3 Å². The van der Waals surface area contributed by atoms with Crippen molar-refractivity contribution < 1.29 is 70.9 Å². The number of nitrogens with zero attached hydrogens (tertiary/aromatic N) is 2. The molecule has 2 amide bonds. The maximum absolute atomic E-state index is 14.5. The van der Waals surface area contributed by atoms with E-state index < -0.39 is 74.7 Å². The van der Waals surface area contributed by atoms with Gasteiger partial charge in [0.2, 0.25) is 5.91 Å². The molecule has 1 fully saturated rings. The van der Waals surface area contributed by atoms with Crippen LogP contribution in [0.4, 0.5) is 0 Å². The number of carbonyl (C=O) groups excluding carboxylic acids is 5. The number of amides is 2. The van der Waals surface area contributed by atoms with Gasteiger partial charge >= 0.3 is 17.9 Å². The number of nitrogens with one attached hydrogen (secondary N) is 2. The van der Waals surface area contributed by atoms with Crippen LogP contribution in [0.2, 0.25) is 0 Å². The van der Waals surface area contributed by atoms with E-state index in [2.05, 4.69) is 21.4 Å². The SMILES string of the molecule is COc1ccc(C(OCC(OP(OCCC#N)N(C(C)C)C(C)C)C(=O)NCCCCCCCCCCCCOC2OC(COC(C)=O)C(OC(C)=O)C(OC(C)=O)C2NC(C)=O)(c2ccccc2)c2ccc(OC)cc2)cc1. The average molecular weight is 1120 g/mol. The maximum Gasteiger partial charge on any atom is 0.303 e. The first-order valence-corrected chi connectivity index (χ1v) is 28.6. The molecule has 19 nitrogen and oxygen atoms in total. The van der Waals surface area contributed by atoms with Gasteiger partial charge in [0.1, 0.15) is 35.9 Å². The summed E-state index contributed by atoms with van der Waals surface area (Å²) >= 11 is 0. The van der Waals surface area contributed by atoms with E-state index in [0.717, 1.165) is 74.5 Å². The van der Waals surface area contributed by atoms with Crippen LogP contribution in [-0.2, 0) is 67.0 Å². The molecule has 2 N–H and O–H groups in total. The number of carbonyl (C=O) groups is 5. The van der Waals surface area contributed by atoms with Gasteiger partial charge in [0.25, 0.3) is 14.4 Å². The molecule has 1 heterocycles. The average Bonchev–Trinajstić information content (AvgIpc) is 3.42. The minimum absolute atomic E-state index is 0.000881. The molecule has 0 bridgehead atoms. The molecule has 7 unspecified atom stereocenters. The number of benzene rings is 3. The molecular weight excluding hydrogens is 1040 g/mol. The Kier molecular flexibility index (Phi) is 29.2. The molecule has 436 valence electrons. The highest BCUT2D eigenvalue weighted by Gasteiger charge is 2.51. The third kappa shape index (κ3) is 21.4. The van der Waals surface area contributed by atoms with E-state index in [1.165, 1.54) is 27.7 Å². The molecule has 0 aromatic heterocycles. The Bertz CT molecular complexity index is 2280. The topological polar surface area (TPSA) is 229 Å². The normalized spacial score (nSPS) is 18.1. The van der Waals surface area contributed by atoms with E-state index in [4.69, 9.17) is 46.9 Å². The van der Waals surface area contributed by atoms with Gasteiger partial charge in [-0.3, -0.25) is 24.0 Å². The molecule has 4 rings (SSSR count). The highest BCUT2D eigenvalue weighted by Crippen LogP contribution is 2.48. The van der Waals surface area contributed by atoms with Gasteiger partial charge in [-0.25, -0.2) is 4.67 Å². The Morgan fingerprint density at radius 2 is 1.20 bits per heavy atom. The van der Waals surface area contributed by atoms with Crippen molar-refractivity contribution in [2.75, 3.05) is 47.2 Å². The Labute approximate surface area is 468 Å². The number of hydrogen-bond acceptors (Lipinski definition) is 17. The lowest BCUT2D eigenvalue weighted by Crippen LogP contribution is -2.66. The molecule has 3 aromatic rings. The largest absolute Gasteiger partial charge is 0.497 e. The first-order chi connectivity index (χ1) is 37.9. The summed E-state index contributed by atoms with van der Waals surface area (Å²) in [4.78, 5) is 62.7. The highest BCUT2D eigenvalue weighted by atomic mass is 31.2. The molecule has 0 radical (unpaired) electrons. The quantitative estimate of drug-likeness (QED) is 0.0182. The van der Waals surface area contributed by atoms with Gasteiger partial charge in [-0.15, -0.1) is 0 Å². The lowest BCUT2D eigenvalue weighted by molar-refractivity contribution is -0.277. The van der Waals surface area contributed by atoms with Gasteiger partial charge in [0.15, 0.2) is 24.6 Å². The Balaban J connectivity index is 1.35. The molecule has 0 aliphatic carbocycles. The van der Waals surface area contributed by atoms with Crippen molar-refractivity contribution in [3.63, 3.8) is 0 Å². The summed E-state index contributed by atoms with van der Waals surface area (Å²) in [5.74, 6) is -1.33. The highest BCUT2D eigenvalue weighted by molar-refractivity contribution is 7.44. The standard InChI is InChI=1S/C59H85N4O15P/c1-41(2)63(42(3)4)79(74-38-24-35-60)78-53(40-73-59(47-25-20-19-21-26-47,48-27-31-50(69-9)32-28-48)49-29-33-51(70-10)34-30-49)57(68)61-36-22-17-15-13-11-12-14-16-18-23-37-71-58-54(62-43(5)64)56(76-46(8)67)55(75-45(7)66)52(77-58)39-72-44(6)65/h19-21,25-34,41-42,52-56,58H,11-18,22-24,36-40H2,1-10H3,(H,61,68)(H,62,64). The van der Waals surface area contributed by atoms with Gasteiger partial charge in [0.05, 0.1) is 39.9 Å². The molecule has 0 spiro atoms. The van der Waals surface area contributed by atoms with Crippen molar-refractivity contribution in [3.8, 4) is 17.6 Å². The molecule has 1 aliphatic heterocycles. The minimum Gasteiger partial charge on any atom is -0.497 e. The molecule has 7 atom stereocenters. The fraction of sp³-hybridized carbons (Fsp3) is 0.593. The van der Waals surface area contributed by atoms with Gasteiger partial charge in [-0.1, -0.05) is 106 Å². The number of ether oxygens (including phenoxy) is 8. The second-order valence-electron chi connectivity index (χ2n) is 19.9. The van der Waals surface area contributed by atoms with Crippen LogP contribution in [0.15, 0.2) is 78.9 Å². The number of hydrogen-bond donors (Lipinski definition) is 2. The summed E-state index contributed by atoms with van der Waals surface area (Å²) in [6.45, 7) is 13.5. The summed E-state index contributed by atoms with van der Waals surface area (Å²) in [5.41, 5.74) is 1.24.